The second-order valence-electron chi connectivity index (χ2n) is 5.53. The molecule has 120 valence electrons. The summed E-state index contributed by atoms with van der Waals surface area (Å²) in [5.41, 5.74) is 3.32. The molecule has 1 aromatic carbocycles. The Labute approximate surface area is 136 Å². The van der Waals surface area contributed by atoms with E-state index in [1.807, 2.05) is 0 Å². The van der Waals surface area contributed by atoms with Gasteiger partial charge < -0.3 is 4.42 Å². The van der Waals surface area contributed by atoms with Crippen LogP contribution in [-0.2, 0) is 13.0 Å². The van der Waals surface area contributed by atoms with Crippen LogP contribution in [0.2, 0.25) is 0 Å². The van der Waals surface area contributed by atoms with Gasteiger partial charge in [0.25, 0.3) is 11.5 Å². The van der Waals surface area contributed by atoms with Crippen molar-refractivity contribution in [2.24, 2.45) is 5.10 Å². The third-order valence-corrected chi connectivity index (χ3v) is 3.98. The number of rotatable bonds is 3. The van der Waals surface area contributed by atoms with Crippen molar-refractivity contribution in [3.05, 3.63) is 64.1 Å². The van der Waals surface area contributed by atoms with Gasteiger partial charge in [-0.2, -0.15) is 5.10 Å². The Morgan fingerprint density at radius 3 is 3.12 bits per heavy atom. The van der Waals surface area contributed by atoms with E-state index >= 15 is 0 Å². The maximum atomic E-state index is 12.4. The lowest BCUT2D eigenvalue weighted by molar-refractivity contribution is 0.0955. The standard InChI is InChI=1S/C17H14N4O3/c22-16(20-18-10-12-3-2-8-24-12)11-5-6-13-14(9-11)19-15-4-1-7-21(15)17(13)23/h2-3,5-6,8-10H,1,4,7H2,(H,20,22)/b18-10-. The lowest BCUT2D eigenvalue weighted by Gasteiger charge is -2.06. The van der Waals surface area contributed by atoms with Gasteiger partial charge in [-0.3, -0.25) is 14.2 Å². The summed E-state index contributed by atoms with van der Waals surface area (Å²) < 4.78 is 6.79. The van der Waals surface area contributed by atoms with Crippen molar-refractivity contribution < 1.29 is 9.21 Å². The Hall–Kier alpha value is -3.22. The normalized spacial score (nSPS) is 13.5. The Kier molecular flexibility index (Phi) is 3.45. The SMILES string of the molecule is O=C(N/N=C\c1ccco1)c1ccc2c(=O)n3c(nc2c1)CCC3. The number of aryl methyl sites for hydroxylation is 1. The van der Waals surface area contributed by atoms with Crippen molar-refractivity contribution in [1.82, 2.24) is 15.0 Å². The first-order valence-electron chi connectivity index (χ1n) is 7.63. The van der Waals surface area contributed by atoms with Crippen LogP contribution in [0.25, 0.3) is 10.9 Å². The van der Waals surface area contributed by atoms with Crippen molar-refractivity contribution in [3.8, 4) is 0 Å². The minimum absolute atomic E-state index is 0.0460. The van der Waals surface area contributed by atoms with Crippen LogP contribution in [0.3, 0.4) is 0 Å². The molecule has 0 aliphatic carbocycles. The summed E-state index contributed by atoms with van der Waals surface area (Å²) >= 11 is 0. The molecular weight excluding hydrogens is 308 g/mol. The van der Waals surface area contributed by atoms with E-state index < -0.39 is 0 Å². The number of hydrogen-bond donors (Lipinski definition) is 1. The van der Waals surface area contributed by atoms with Crippen LogP contribution in [0, 0.1) is 0 Å². The lowest BCUT2D eigenvalue weighted by Crippen LogP contribution is -2.22. The van der Waals surface area contributed by atoms with Crippen LogP contribution < -0.4 is 11.0 Å². The van der Waals surface area contributed by atoms with Gasteiger partial charge in [0.1, 0.15) is 11.6 Å². The molecule has 2 aromatic heterocycles. The molecule has 0 radical (unpaired) electrons. The average molecular weight is 322 g/mol. The lowest BCUT2D eigenvalue weighted by atomic mass is 10.1. The highest BCUT2D eigenvalue weighted by molar-refractivity contribution is 5.98. The van der Waals surface area contributed by atoms with Crippen LogP contribution >= 0.6 is 0 Å². The molecule has 1 N–H and O–H groups in total. The number of carbonyl (C=O) groups is 1. The molecule has 0 spiro atoms. The molecule has 0 saturated heterocycles. The van der Waals surface area contributed by atoms with Crippen LogP contribution in [0.4, 0.5) is 0 Å². The van der Waals surface area contributed by atoms with Gasteiger partial charge in [-0.1, -0.05) is 0 Å². The fraction of sp³-hybridized carbons (Fsp3) is 0.176. The quantitative estimate of drug-likeness (QED) is 0.587. The first-order chi connectivity index (χ1) is 11.7. The van der Waals surface area contributed by atoms with Gasteiger partial charge in [0.2, 0.25) is 0 Å². The zero-order valence-corrected chi connectivity index (χ0v) is 12.7. The molecule has 1 aliphatic heterocycles. The van der Waals surface area contributed by atoms with E-state index in [0.717, 1.165) is 18.7 Å². The Morgan fingerprint density at radius 1 is 1.38 bits per heavy atom. The molecule has 1 amide bonds. The highest BCUT2D eigenvalue weighted by Crippen LogP contribution is 2.16. The third-order valence-electron chi connectivity index (χ3n) is 3.98. The third kappa shape index (κ3) is 2.50. The molecular formula is C17H14N4O3. The summed E-state index contributed by atoms with van der Waals surface area (Å²) in [5, 5.41) is 4.37. The first kappa shape index (κ1) is 14.4. The summed E-state index contributed by atoms with van der Waals surface area (Å²) in [6, 6.07) is 8.32. The first-order valence-corrected chi connectivity index (χ1v) is 7.63. The number of furan rings is 1. The molecule has 0 unspecified atom stereocenters. The topological polar surface area (TPSA) is 89.5 Å². The van der Waals surface area contributed by atoms with Crippen molar-refractivity contribution in [2.45, 2.75) is 19.4 Å². The zero-order chi connectivity index (χ0) is 16.5. The fourth-order valence-electron chi connectivity index (χ4n) is 2.81. The highest BCUT2D eigenvalue weighted by Gasteiger charge is 2.16. The fourth-order valence-corrected chi connectivity index (χ4v) is 2.81. The van der Waals surface area contributed by atoms with Gasteiger partial charge >= 0.3 is 0 Å². The predicted molar refractivity (Wildman–Crippen MR) is 88.1 cm³/mol. The van der Waals surface area contributed by atoms with Crippen LogP contribution in [0.15, 0.2) is 50.9 Å². The summed E-state index contributed by atoms with van der Waals surface area (Å²) in [7, 11) is 0. The number of hydrogen-bond acceptors (Lipinski definition) is 5. The van der Waals surface area contributed by atoms with E-state index in [2.05, 4.69) is 15.5 Å². The van der Waals surface area contributed by atoms with Crippen molar-refractivity contribution in [3.63, 3.8) is 0 Å². The number of fused-ring (bicyclic) bond motifs is 2. The Balaban J connectivity index is 1.62. The maximum absolute atomic E-state index is 12.4. The minimum Gasteiger partial charge on any atom is -0.463 e. The molecule has 0 fully saturated rings. The van der Waals surface area contributed by atoms with Gasteiger partial charge in [0.05, 0.1) is 23.4 Å². The van der Waals surface area contributed by atoms with Crippen molar-refractivity contribution in [1.29, 1.82) is 0 Å². The number of amides is 1. The molecule has 0 bridgehead atoms. The van der Waals surface area contributed by atoms with Gasteiger partial charge in [-0.05, 0) is 36.8 Å². The molecule has 7 nitrogen and oxygen atoms in total. The highest BCUT2D eigenvalue weighted by atomic mass is 16.3. The minimum atomic E-state index is -0.373. The van der Waals surface area contributed by atoms with Gasteiger partial charge in [0, 0.05) is 18.5 Å². The zero-order valence-electron chi connectivity index (χ0n) is 12.7. The van der Waals surface area contributed by atoms with E-state index in [4.69, 9.17) is 4.42 Å². The van der Waals surface area contributed by atoms with Gasteiger partial charge in [-0.15, -0.1) is 0 Å². The molecule has 24 heavy (non-hydrogen) atoms. The number of nitrogens with one attached hydrogen (secondary N) is 1. The second kappa shape index (κ2) is 5.77. The van der Waals surface area contributed by atoms with E-state index in [1.54, 1.807) is 34.9 Å². The van der Waals surface area contributed by atoms with Gasteiger partial charge in [-0.25, -0.2) is 10.4 Å². The number of benzene rings is 1. The maximum Gasteiger partial charge on any atom is 0.271 e. The molecule has 0 atom stereocenters. The van der Waals surface area contributed by atoms with Crippen LogP contribution in [-0.4, -0.2) is 21.7 Å². The second-order valence-corrected chi connectivity index (χ2v) is 5.53. The molecule has 3 aromatic rings. The molecule has 1 aliphatic rings. The summed E-state index contributed by atoms with van der Waals surface area (Å²) in [5.74, 6) is 0.946. The number of carbonyl (C=O) groups excluding carboxylic acids is 1. The predicted octanol–water partition coefficient (Wildman–Crippen LogP) is 1.70. The van der Waals surface area contributed by atoms with Crippen LogP contribution in [0.1, 0.15) is 28.4 Å². The number of aromatic nitrogens is 2. The van der Waals surface area contributed by atoms with Crippen molar-refractivity contribution >= 4 is 23.0 Å². The number of hydrazone groups is 1. The van der Waals surface area contributed by atoms with E-state index in [1.165, 1.54) is 12.5 Å². The summed E-state index contributed by atoms with van der Waals surface area (Å²) in [6.45, 7) is 0.709. The molecule has 0 saturated carbocycles. The van der Waals surface area contributed by atoms with E-state index in [9.17, 15) is 9.59 Å². The summed E-state index contributed by atoms with van der Waals surface area (Å²) in [4.78, 5) is 29.1. The Morgan fingerprint density at radius 2 is 2.29 bits per heavy atom. The molecule has 4 rings (SSSR count). The number of nitrogens with zero attached hydrogens (tertiary/aromatic N) is 3. The molecule has 3 heterocycles. The van der Waals surface area contributed by atoms with E-state index in [-0.39, 0.29) is 11.5 Å². The largest absolute Gasteiger partial charge is 0.463 e. The van der Waals surface area contributed by atoms with E-state index in [0.29, 0.717) is 28.8 Å². The monoisotopic (exact) mass is 322 g/mol. The van der Waals surface area contributed by atoms with Gasteiger partial charge in [0.15, 0.2) is 0 Å². The smallest absolute Gasteiger partial charge is 0.271 e. The Bertz CT molecular complexity index is 1000. The van der Waals surface area contributed by atoms with Crippen molar-refractivity contribution in [2.75, 3.05) is 0 Å². The molecule has 7 heteroatoms. The van der Waals surface area contributed by atoms with Crippen LogP contribution in [0.5, 0.6) is 0 Å². The average Bonchev–Trinajstić information content (AvgIpc) is 3.26. The summed E-state index contributed by atoms with van der Waals surface area (Å²) in [6.07, 6.45) is 4.65.